The van der Waals surface area contributed by atoms with Gasteiger partial charge in [-0.25, -0.2) is 4.39 Å². The highest BCUT2D eigenvalue weighted by Gasteiger charge is 2.19. The van der Waals surface area contributed by atoms with Crippen molar-refractivity contribution in [2.24, 2.45) is 0 Å². The number of aromatic nitrogens is 1. The van der Waals surface area contributed by atoms with Crippen molar-refractivity contribution in [3.05, 3.63) is 41.8 Å². The first-order valence-corrected chi connectivity index (χ1v) is 6.39. The quantitative estimate of drug-likeness (QED) is 0.705. The van der Waals surface area contributed by atoms with Crippen LogP contribution in [0.4, 0.5) is 4.39 Å². The molecular formula is C15H16FN. The molecule has 1 aromatic carbocycles. The molecule has 3 rings (SSSR count). The molecule has 2 aromatic rings. The lowest BCUT2D eigenvalue weighted by molar-refractivity contribution is 0.445. The van der Waals surface area contributed by atoms with Crippen LogP contribution in [0.15, 0.2) is 30.5 Å². The molecule has 1 aromatic heterocycles. The van der Waals surface area contributed by atoms with Crippen molar-refractivity contribution in [3.63, 3.8) is 0 Å². The number of hydrogen-bond donors (Lipinski definition) is 0. The molecule has 2 heteroatoms. The molecule has 0 spiro atoms. The first-order chi connectivity index (χ1) is 8.36. The smallest absolute Gasteiger partial charge is 0.132 e. The Morgan fingerprint density at radius 1 is 1.06 bits per heavy atom. The van der Waals surface area contributed by atoms with Crippen molar-refractivity contribution < 1.29 is 4.39 Å². The Balaban J connectivity index is 2.12. The summed E-state index contributed by atoms with van der Waals surface area (Å²) in [6, 6.07) is 7.15. The van der Waals surface area contributed by atoms with Gasteiger partial charge in [-0.1, -0.05) is 25.3 Å². The predicted octanol–water partition coefficient (Wildman–Crippen LogP) is 4.42. The summed E-state index contributed by atoms with van der Waals surface area (Å²) in [5.41, 5.74) is 2.10. The van der Waals surface area contributed by atoms with Crippen LogP contribution in [0.2, 0.25) is 0 Å². The molecule has 0 N–H and O–H groups in total. The summed E-state index contributed by atoms with van der Waals surface area (Å²) in [5, 5.41) is 0.663. The summed E-state index contributed by atoms with van der Waals surface area (Å²) in [5.74, 6) is 0.411. The van der Waals surface area contributed by atoms with Crippen LogP contribution in [0.5, 0.6) is 0 Å². The third kappa shape index (κ3) is 1.92. The van der Waals surface area contributed by atoms with Crippen LogP contribution in [-0.2, 0) is 0 Å². The molecule has 1 heterocycles. The van der Waals surface area contributed by atoms with Gasteiger partial charge in [0.05, 0.1) is 5.52 Å². The van der Waals surface area contributed by atoms with E-state index in [1.807, 2.05) is 12.1 Å². The lowest BCUT2D eigenvalue weighted by Gasteiger charge is -2.22. The van der Waals surface area contributed by atoms with E-state index in [0.29, 0.717) is 11.3 Å². The highest BCUT2D eigenvalue weighted by atomic mass is 19.1. The van der Waals surface area contributed by atoms with Gasteiger partial charge in [0.1, 0.15) is 5.82 Å². The molecule has 1 nitrogen and oxygen atoms in total. The van der Waals surface area contributed by atoms with Gasteiger partial charge in [0.25, 0.3) is 0 Å². The molecule has 0 saturated heterocycles. The Bertz CT molecular complexity index is 529. The number of rotatable bonds is 1. The molecule has 0 radical (unpaired) electrons. The van der Waals surface area contributed by atoms with Gasteiger partial charge < -0.3 is 0 Å². The second-order valence-electron chi connectivity index (χ2n) is 4.87. The Morgan fingerprint density at radius 3 is 2.71 bits per heavy atom. The standard InChI is InChI=1S/C15H16FN/c16-14-9-8-12(11-5-2-1-3-6-11)15-13(14)7-4-10-17-15/h4,7-11H,1-3,5-6H2. The van der Waals surface area contributed by atoms with Crippen LogP contribution in [0.3, 0.4) is 0 Å². The van der Waals surface area contributed by atoms with Crippen molar-refractivity contribution in [1.29, 1.82) is 0 Å². The van der Waals surface area contributed by atoms with Gasteiger partial charge in [-0.05, 0) is 42.5 Å². The zero-order chi connectivity index (χ0) is 11.7. The molecule has 1 aliphatic rings. The Kier molecular flexibility index (Phi) is 2.79. The van der Waals surface area contributed by atoms with Crippen molar-refractivity contribution in [2.45, 2.75) is 38.0 Å². The van der Waals surface area contributed by atoms with E-state index < -0.39 is 0 Å². The summed E-state index contributed by atoms with van der Waals surface area (Å²) in [4.78, 5) is 4.38. The Labute approximate surface area is 101 Å². The third-order valence-electron chi connectivity index (χ3n) is 3.79. The van der Waals surface area contributed by atoms with Crippen molar-refractivity contribution >= 4 is 10.9 Å². The lowest BCUT2D eigenvalue weighted by Crippen LogP contribution is -2.06. The van der Waals surface area contributed by atoms with E-state index in [2.05, 4.69) is 4.98 Å². The normalized spacial score (nSPS) is 17.5. The monoisotopic (exact) mass is 229 g/mol. The predicted molar refractivity (Wildman–Crippen MR) is 67.5 cm³/mol. The van der Waals surface area contributed by atoms with Crippen LogP contribution in [0.1, 0.15) is 43.6 Å². The molecule has 0 aliphatic heterocycles. The number of fused-ring (bicyclic) bond motifs is 1. The fourth-order valence-corrected chi connectivity index (χ4v) is 2.90. The molecular weight excluding hydrogens is 213 g/mol. The Hall–Kier alpha value is -1.44. The largest absolute Gasteiger partial charge is 0.256 e. The van der Waals surface area contributed by atoms with Crippen molar-refractivity contribution in [3.8, 4) is 0 Å². The van der Waals surface area contributed by atoms with Gasteiger partial charge in [-0.2, -0.15) is 0 Å². The second-order valence-corrected chi connectivity index (χ2v) is 4.87. The highest BCUT2D eigenvalue weighted by Crippen LogP contribution is 2.36. The minimum atomic E-state index is -0.160. The van der Waals surface area contributed by atoms with Crippen LogP contribution in [0.25, 0.3) is 10.9 Å². The molecule has 88 valence electrons. The average molecular weight is 229 g/mol. The van der Waals surface area contributed by atoms with Crippen LogP contribution in [-0.4, -0.2) is 4.98 Å². The van der Waals surface area contributed by atoms with E-state index in [-0.39, 0.29) is 5.82 Å². The average Bonchev–Trinajstić information content (AvgIpc) is 2.41. The van der Waals surface area contributed by atoms with E-state index in [1.54, 1.807) is 18.3 Å². The van der Waals surface area contributed by atoms with Gasteiger partial charge in [0.15, 0.2) is 0 Å². The fraction of sp³-hybridized carbons (Fsp3) is 0.400. The number of hydrogen-bond acceptors (Lipinski definition) is 1. The molecule has 1 fully saturated rings. The Morgan fingerprint density at radius 2 is 1.88 bits per heavy atom. The SMILES string of the molecule is Fc1ccc(C2CCCCC2)c2ncccc12. The second kappa shape index (κ2) is 4.44. The van der Waals surface area contributed by atoms with Crippen LogP contribution < -0.4 is 0 Å². The highest BCUT2D eigenvalue weighted by molar-refractivity contribution is 5.82. The van der Waals surface area contributed by atoms with Gasteiger partial charge in [0.2, 0.25) is 0 Å². The summed E-state index contributed by atoms with van der Waals surface area (Å²) in [6.45, 7) is 0. The molecule has 0 bridgehead atoms. The first-order valence-electron chi connectivity index (χ1n) is 6.39. The van der Waals surface area contributed by atoms with Gasteiger partial charge >= 0.3 is 0 Å². The molecule has 1 aliphatic carbocycles. The molecule has 0 amide bonds. The first kappa shape index (κ1) is 10.7. The molecule has 17 heavy (non-hydrogen) atoms. The summed E-state index contributed by atoms with van der Waals surface area (Å²) >= 11 is 0. The van der Waals surface area contributed by atoms with E-state index in [4.69, 9.17) is 0 Å². The van der Waals surface area contributed by atoms with Gasteiger partial charge in [-0.3, -0.25) is 4.98 Å². The van der Waals surface area contributed by atoms with E-state index in [0.717, 1.165) is 5.52 Å². The maximum absolute atomic E-state index is 13.7. The minimum absolute atomic E-state index is 0.160. The minimum Gasteiger partial charge on any atom is -0.256 e. The fourth-order valence-electron chi connectivity index (χ4n) is 2.90. The molecule has 0 atom stereocenters. The lowest BCUT2D eigenvalue weighted by atomic mass is 9.83. The zero-order valence-corrected chi connectivity index (χ0v) is 9.82. The molecule has 1 saturated carbocycles. The van der Waals surface area contributed by atoms with Gasteiger partial charge in [-0.15, -0.1) is 0 Å². The summed E-state index contributed by atoms with van der Waals surface area (Å²) < 4.78 is 13.7. The van der Waals surface area contributed by atoms with Crippen LogP contribution >= 0.6 is 0 Å². The summed E-state index contributed by atoms with van der Waals surface area (Å²) in [6.07, 6.45) is 8.11. The number of pyridine rings is 1. The maximum atomic E-state index is 13.7. The van der Waals surface area contributed by atoms with E-state index in [9.17, 15) is 4.39 Å². The number of halogens is 1. The van der Waals surface area contributed by atoms with Crippen molar-refractivity contribution in [2.75, 3.05) is 0 Å². The zero-order valence-electron chi connectivity index (χ0n) is 9.82. The van der Waals surface area contributed by atoms with Crippen LogP contribution in [0, 0.1) is 5.82 Å². The van der Waals surface area contributed by atoms with Gasteiger partial charge in [0, 0.05) is 11.6 Å². The number of nitrogens with zero attached hydrogens (tertiary/aromatic N) is 1. The topological polar surface area (TPSA) is 12.9 Å². The molecule has 0 unspecified atom stereocenters. The summed E-state index contributed by atoms with van der Waals surface area (Å²) in [7, 11) is 0. The number of benzene rings is 1. The van der Waals surface area contributed by atoms with E-state index in [1.165, 1.54) is 37.7 Å². The van der Waals surface area contributed by atoms with Crippen molar-refractivity contribution in [1.82, 2.24) is 4.98 Å². The maximum Gasteiger partial charge on any atom is 0.132 e. The van der Waals surface area contributed by atoms with E-state index >= 15 is 0 Å². The third-order valence-corrected chi connectivity index (χ3v) is 3.79.